The van der Waals surface area contributed by atoms with Crippen LogP contribution in [0.15, 0.2) is 0 Å². The first-order valence-electron chi connectivity index (χ1n) is 18.4. The molecule has 0 saturated carbocycles. The first kappa shape index (κ1) is 34.4. The first-order chi connectivity index (χ1) is 22.3. The first-order valence-corrected chi connectivity index (χ1v) is 18.4. The van der Waals surface area contributed by atoms with Gasteiger partial charge in [0.05, 0.1) is 30.3 Å². The maximum Gasteiger partial charge on any atom is 0.229 e. The summed E-state index contributed by atoms with van der Waals surface area (Å²) < 4.78 is 30.3. The monoisotopic (exact) mass is 651 g/mol. The Morgan fingerprint density at radius 2 is 1.63 bits per heavy atom. The van der Waals surface area contributed by atoms with Gasteiger partial charge < -0.3 is 26.2 Å². The Morgan fingerprint density at radius 3 is 2.35 bits per heavy atom. The van der Waals surface area contributed by atoms with Gasteiger partial charge in [0.2, 0.25) is 11.8 Å². The lowest BCUT2D eigenvalue weighted by molar-refractivity contribution is -0.139. The minimum atomic E-state index is -1.14. The summed E-state index contributed by atoms with van der Waals surface area (Å²) in [7, 11) is 0. The molecule has 0 aromatic carbocycles. The van der Waals surface area contributed by atoms with Crippen molar-refractivity contribution >= 4 is 11.8 Å². The minimum Gasteiger partial charge on any atom is -0.350 e. The van der Waals surface area contributed by atoms with Crippen LogP contribution in [-0.4, -0.2) is 151 Å². The SMILES string of the molecule is CCCCCN1CC(F)CN2NC(N)C(C(=O)NC3CNCC(F)C3N3CCC(C(=O)N4CCC(N5CCCCC5)CC4)CC3)C12. The molecule has 0 spiro atoms. The third kappa shape index (κ3) is 7.71. The zero-order chi connectivity index (χ0) is 32.2. The predicted molar refractivity (Wildman–Crippen MR) is 174 cm³/mol. The number of piperidine rings is 4. The van der Waals surface area contributed by atoms with Crippen molar-refractivity contribution in [3.63, 3.8) is 0 Å². The van der Waals surface area contributed by atoms with E-state index in [-0.39, 0.29) is 43.5 Å². The number of likely N-dealkylation sites (tertiary alicyclic amines) is 3. The summed E-state index contributed by atoms with van der Waals surface area (Å²) in [6.07, 6.45) is 7.40. The van der Waals surface area contributed by atoms with Crippen LogP contribution in [-0.2, 0) is 9.59 Å². The van der Waals surface area contributed by atoms with Gasteiger partial charge in [0.1, 0.15) is 12.3 Å². The topological polar surface area (TPSA) is 112 Å². The predicted octanol–water partition coefficient (Wildman–Crippen LogP) is 0.861. The zero-order valence-corrected chi connectivity index (χ0v) is 27.9. The van der Waals surface area contributed by atoms with E-state index in [9.17, 15) is 14.0 Å². The maximum atomic E-state index is 15.6. The van der Waals surface area contributed by atoms with Gasteiger partial charge in [-0.15, -0.1) is 0 Å². The lowest BCUT2D eigenvalue weighted by atomic mass is 9.89. The van der Waals surface area contributed by atoms with E-state index in [2.05, 4.69) is 42.6 Å². The van der Waals surface area contributed by atoms with Crippen LogP contribution in [0.2, 0.25) is 0 Å². The second-order valence-electron chi connectivity index (χ2n) is 14.8. The van der Waals surface area contributed by atoms with Crippen molar-refractivity contribution in [3.8, 4) is 0 Å². The molecular formula is C33H59F2N9O2. The molecule has 13 heteroatoms. The number of nitrogens with two attached hydrogens (primary N) is 1. The molecule has 7 atom stereocenters. The van der Waals surface area contributed by atoms with E-state index in [1.54, 1.807) is 5.01 Å². The zero-order valence-electron chi connectivity index (χ0n) is 27.9. The van der Waals surface area contributed by atoms with Gasteiger partial charge in [-0.05, 0) is 77.7 Å². The number of nitrogens with one attached hydrogen (secondary N) is 3. The molecule has 0 bridgehead atoms. The van der Waals surface area contributed by atoms with E-state index in [1.807, 2.05) is 0 Å². The number of hydrogen-bond donors (Lipinski definition) is 4. The fourth-order valence-electron chi connectivity index (χ4n) is 9.24. The Bertz CT molecular complexity index is 1010. The number of hydrazine groups is 1. The fraction of sp³-hybridized carbons (Fsp3) is 0.939. The summed E-state index contributed by atoms with van der Waals surface area (Å²) in [6.45, 7) is 9.39. The summed E-state index contributed by atoms with van der Waals surface area (Å²) in [4.78, 5) is 36.4. The minimum absolute atomic E-state index is 0.0199. The van der Waals surface area contributed by atoms with Crippen LogP contribution in [0.1, 0.15) is 71.1 Å². The van der Waals surface area contributed by atoms with Gasteiger partial charge in [0.25, 0.3) is 0 Å². The highest BCUT2D eigenvalue weighted by atomic mass is 19.1. The van der Waals surface area contributed by atoms with Crippen LogP contribution in [0.5, 0.6) is 0 Å². The summed E-state index contributed by atoms with van der Waals surface area (Å²) in [5, 5.41) is 8.15. The molecule has 6 rings (SSSR count). The number of carbonyl (C=O) groups is 2. The molecular weight excluding hydrogens is 592 g/mol. The fourth-order valence-corrected chi connectivity index (χ4v) is 9.24. The third-order valence-corrected chi connectivity index (χ3v) is 11.7. The number of carbonyl (C=O) groups excluding carboxylic acids is 2. The average molecular weight is 652 g/mol. The quantitative estimate of drug-likeness (QED) is 0.270. The molecule has 6 saturated heterocycles. The van der Waals surface area contributed by atoms with Crippen molar-refractivity contribution in [2.45, 2.75) is 114 Å². The van der Waals surface area contributed by atoms with Crippen molar-refractivity contribution in [2.24, 2.45) is 17.6 Å². The second-order valence-corrected chi connectivity index (χ2v) is 14.8. The van der Waals surface area contributed by atoms with Gasteiger partial charge in [0.15, 0.2) is 0 Å². The molecule has 0 radical (unpaired) electrons. The average Bonchev–Trinajstić information content (AvgIpc) is 3.41. The largest absolute Gasteiger partial charge is 0.350 e. The Kier molecular flexibility index (Phi) is 11.8. The van der Waals surface area contributed by atoms with Crippen molar-refractivity contribution < 1.29 is 18.4 Å². The highest BCUT2D eigenvalue weighted by Crippen LogP contribution is 2.31. The van der Waals surface area contributed by atoms with E-state index in [1.165, 1.54) is 32.4 Å². The molecule has 11 nitrogen and oxygen atoms in total. The number of amides is 2. The number of nitrogens with zero attached hydrogens (tertiary/aromatic N) is 5. The van der Waals surface area contributed by atoms with E-state index in [0.29, 0.717) is 45.1 Å². The Labute approximate surface area is 274 Å². The van der Waals surface area contributed by atoms with Crippen LogP contribution in [0.4, 0.5) is 8.78 Å². The van der Waals surface area contributed by atoms with E-state index < -0.39 is 36.5 Å². The van der Waals surface area contributed by atoms with Gasteiger partial charge in [-0.1, -0.05) is 26.2 Å². The number of alkyl halides is 2. The second kappa shape index (κ2) is 15.8. The summed E-state index contributed by atoms with van der Waals surface area (Å²) in [6, 6.07) is -0.282. The molecule has 0 aromatic heterocycles. The number of unbranched alkanes of at least 4 members (excludes halogenated alkanes) is 2. The van der Waals surface area contributed by atoms with Crippen LogP contribution in [0.25, 0.3) is 0 Å². The highest BCUT2D eigenvalue weighted by Gasteiger charge is 2.51. The number of hydrogen-bond acceptors (Lipinski definition) is 9. The molecule has 6 heterocycles. The third-order valence-electron chi connectivity index (χ3n) is 11.7. The molecule has 0 aromatic rings. The van der Waals surface area contributed by atoms with Crippen LogP contribution in [0.3, 0.4) is 0 Å². The molecule has 5 N–H and O–H groups in total. The van der Waals surface area contributed by atoms with Crippen molar-refractivity contribution in [1.82, 2.24) is 40.7 Å². The van der Waals surface area contributed by atoms with E-state index in [4.69, 9.17) is 5.73 Å². The Hall–Kier alpha value is -1.48. The summed E-state index contributed by atoms with van der Waals surface area (Å²) in [5.74, 6) is -0.567. The molecule has 262 valence electrons. The van der Waals surface area contributed by atoms with Crippen LogP contribution in [0, 0.1) is 11.8 Å². The van der Waals surface area contributed by atoms with Crippen molar-refractivity contribution in [1.29, 1.82) is 0 Å². The van der Waals surface area contributed by atoms with Gasteiger partial charge in [-0.3, -0.25) is 19.4 Å². The van der Waals surface area contributed by atoms with E-state index >= 15 is 4.39 Å². The van der Waals surface area contributed by atoms with Gasteiger partial charge in [-0.2, -0.15) is 0 Å². The maximum absolute atomic E-state index is 15.6. The Morgan fingerprint density at radius 1 is 0.891 bits per heavy atom. The van der Waals surface area contributed by atoms with Crippen LogP contribution >= 0.6 is 0 Å². The van der Waals surface area contributed by atoms with Crippen molar-refractivity contribution in [2.75, 3.05) is 72.0 Å². The molecule has 6 fully saturated rings. The molecule has 7 unspecified atom stereocenters. The molecule has 6 aliphatic heterocycles. The molecule has 46 heavy (non-hydrogen) atoms. The van der Waals surface area contributed by atoms with Gasteiger partial charge in [0, 0.05) is 51.2 Å². The summed E-state index contributed by atoms with van der Waals surface area (Å²) >= 11 is 0. The van der Waals surface area contributed by atoms with Crippen LogP contribution < -0.4 is 21.8 Å². The highest BCUT2D eigenvalue weighted by molar-refractivity contribution is 5.81. The standard InChI is InChI=1S/C33H59F2N9O2/c1-2-3-5-14-43-21-24(34)22-44-32(43)28(30(36)39-44)31(45)38-27-20-37-19-26(35)29(27)41-15-8-23(9-16-41)33(46)42-17-10-25(11-18-42)40-12-6-4-7-13-40/h23-30,32,37,39H,2-22,36H2,1H3,(H,38,45). The lowest BCUT2D eigenvalue weighted by Gasteiger charge is -2.46. The number of halogens is 2. The van der Waals surface area contributed by atoms with Crippen molar-refractivity contribution in [3.05, 3.63) is 0 Å². The number of fused-ring (bicyclic) bond motifs is 1. The number of rotatable bonds is 9. The molecule has 2 amide bonds. The van der Waals surface area contributed by atoms with E-state index in [0.717, 1.165) is 45.2 Å². The van der Waals surface area contributed by atoms with Gasteiger partial charge in [-0.25, -0.2) is 19.2 Å². The lowest BCUT2D eigenvalue weighted by Crippen LogP contribution is -2.67. The Balaban J connectivity index is 1.03. The molecule has 6 aliphatic rings. The normalized spacial score (nSPS) is 36.5. The smallest absolute Gasteiger partial charge is 0.229 e. The van der Waals surface area contributed by atoms with Gasteiger partial charge >= 0.3 is 0 Å². The summed E-state index contributed by atoms with van der Waals surface area (Å²) in [5.41, 5.74) is 9.61. The molecule has 0 aliphatic carbocycles.